The first-order valence-corrected chi connectivity index (χ1v) is 5.29. The van der Waals surface area contributed by atoms with Gasteiger partial charge in [0.25, 0.3) is 0 Å². The molecule has 0 aliphatic carbocycles. The van der Waals surface area contributed by atoms with Gasteiger partial charge in [-0.15, -0.1) is 0 Å². The van der Waals surface area contributed by atoms with Crippen molar-refractivity contribution in [3.63, 3.8) is 0 Å². The molecule has 2 aromatic rings. The lowest BCUT2D eigenvalue weighted by Gasteiger charge is -2.28. The molecule has 1 aromatic carbocycles. The van der Waals surface area contributed by atoms with Crippen molar-refractivity contribution in [2.45, 2.75) is 0 Å². The summed E-state index contributed by atoms with van der Waals surface area (Å²) in [7, 11) is 3.63. The molecule has 2 heterocycles. The molecule has 0 radical (unpaired) electrons. The summed E-state index contributed by atoms with van der Waals surface area (Å²) in [5.74, 6) is 2.40. The first-order chi connectivity index (χ1) is 8.29. The van der Waals surface area contributed by atoms with Crippen molar-refractivity contribution < 1.29 is 4.74 Å². The average Bonchev–Trinajstić information content (AvgIpc) is 2.38. The minimum atomic E-state index is 0.760. The molecular weight excluding hydrogens is 216 g/mol. The van der Waals surface area contributed by atoms with Crippen molar-refractivity contribution in [3.8, 4) is 5.75 Å². The highest BCUT2D eigenvalue weighted by atomic mass is 16.5. The van der Waals surface area contributed by atoms with Gasteiger partial charge in [0.1, 0.15) is 5.75 Å². The maximum atomic E-state index is 5.21. The Balaban J connectivity index is 2.12. The zero-order chi connectivity index (χ0) is 11.8. The molecule has 1 aliphatic heterocycles. The summed E-state index contributed by atoms with van der Waals surface area (Å²) in [6.07, 6.45) is 3.36. The third-order valence-electron chi connectivity index (χ3n) is 2.81. The molecule has 0 saturated carbocycles. The molecule has 17 heavy (non-hydrogen) atoms. The molecule has 3 rings (SSSR count). The topological polar surface area (TPSA) is 50.3 Å². The SMILES string of the molecule is COc1ccc2c(c1)Nc1nccnc1N2C. The Morgan fingerprint density at radius 2 is 2.06 bits per heavy atom. The summed E-state index contributed by atoms with van der Waals surface area (Å²) in [4.78, 5) is 10.6. The van der Waals surface area contributed by atoms with Crippen LogP contribution < -0.4 is 15.0 Å². The number of hydrogen-bond donors (Lipinski definition) is 1. The predicted octanol–water partition coefficient (Wildman–Crippen LogP) is 2.31. The summed E-state index contributed by atoms with van der Waals surface area (Å²) < 4.78 is 5.21. The number of hydrogen-bond acceptors (Lipinski definition) is 5. The lowest BCUT2D eigenvalue weighted by Crippen LogP contribution is -2.19. The van der Waals surface area contributed by atoms with Gasteiger partial charge in [0.05, 0.1) is 18.5 Å². The predicted molar refractivity (Wildman–Crippen MR) is 66.4 cm³/mol. The van der Waals surface area contributed by atoms with Crippen LogP contribution in [-0.2, 0) is 0 Å². The molecule has 86 valence electrons. The van der Waals surface area contributed by atoms with E-state index >= 15 is 0 Å². The van der Waals surface area contributed by atoms with Crippen LogP contribution in [0.1, 0.15) is 0 Å². The maximum absolute atomic E-state index is 5.21. The molecule has 0 amide bonds. The van der Waals surface area contributed by atoms with E-state index in [4.69, 9.17) is 4.74 Å². The molecule has 1 N–H and O–H groups in total. The van der Waals surface area contributed by atoms with Crippen molar-refractivity contribution in [2.24, 2.45) is 0 Å². The number of nitrogens with one attached hydrogen (secondary N) is 1. The van der Waals surface area contributed by atoms with Crippen molar-refractivity contribution in [1.82, 2.24) is 9.97 Å². The molecule has 0 fully saturated rings. The van der Waals surface area contributed by atoms with E-state index in [0.29, 0.717) is 0 Å². The summed E-state index contributed by atoms with van der Waals surface area (Å²) in [6, 6.07) is 5.88. The number of anilines is 4. The van der Waals surface area contributed by atoms with Crippen LogP contribution in [0.4, 0.5) is 23.0 Å². The normalized spacial score (nSPS) is 12.5. The molecule has 5 heteroatoms. The fraction of sp³-hybridized carbons (Fsp3) is 0.167. The van der Waals surface area contributed by atoms with E-state index in [1.54, 1.807) is 19.5 Å². The number of ether oxygens (including phenoxy) is 1. The van der Waals surface area contributed by atoms with Gasteiger partial charge in [-0.2, -0.15) is 0 Å². The van der Waals surface area contributed by atoms with Gasteiger partial charge in [-0.05, 0) is 12.1 Å². The number of aromatic nitrogens is 2. The quantitative estimate of drug-likeness (QED) is 0.811. The van der Waals surface area contributed by atoms with Crippen molar-refractivity contribution in [1.29, 1.82) is 0 Å². The average molecular weight is 228 g/mol. The van der Waals surface area contributed by atoms with Crippen molar-refractivity contribution in [2.75, 3.05) is 24.4 Å². The van der Waals surface area contributed by atoms with Gasteiger partial charge in [-0.25, -0.2) is 9.97 Å². The molecule has 0 saturated heterocycles. The largest absolute Gasteiger partial charge is 0.497 e. The zero-order valence-electron chi connectivity index (χ0n) is 9.64. The van der Waals surface area contributed by atoms with Crippen LogP contribution in [-0.4, -0.2) is 24.1 Å². The Kier molecular flexibility index (Phi) is 2.11. The van der Waals surface area contributed by atoms with Crippen molar-refractivity contribution >= 4 is 23.0 Å². The third-order valence-corrected chi connectivity index (χ3v) is 2.81. The van der Waals surface area contributed by atoms with Crippen LogP contribution in [0.25, 0.3) is 0 Å². The second-order valence-electron chi connectivity index (χ2n) is 3.80. The number of nitrogens with zero attached hydrogens (tertiary/aromatic N) is 3. The highest BCUT2D eigenvalue weighted by Crippen LogP contribution is 2.41. The highest BCUT2D eigenvalue weighted by molar-refractivity contribution is 5.88. The van der Waals surface area contributed by atoms with E-state index in [-0.39, 0.29) is 0 Å². The van der Waals surface area contributed by atoms with Gasteiger partial charge in [-0.1, -0.05) is 0 Å². The van der Waals surface area contributed by atoms with Gasteiger partial charge in [0, 0.05) is 25.5 Å². The molecular formula is C12H12N4O. The van der Waals surface area contributed by atoms with E-state index in [0.717, 1.165) is 28.8 Å². The minimum absolute atomic E-state index is 0.760. The number of methoxy groups -OCH3 is 1. The molecule has 5 nitrogen and oxygen atoms in total. The van der Waals surface area contributed by atoms with Crippen molar-refractivity contribution in [3.05, 3.63) is 30.6 Å². The molecule has 0 spiro atoms. The molecule has 0 atom stereocenters. The van der Waals surface area contributed by atoms with Crippen LogP contribution in [0.15, 0.2) is 30.6 Å². The second-order valence-corrected chi connectivity index (χ2v) is 3.80. The summed E-state index contributed by atoms with van der Waals surface area (Å²) in [5, 5.41) is 3.25. The Morgan fingerprint density at radius 3 is 2.88 bits per heavy atom. The third kappa shape index (κ3) is 1.47. The smallest absolute Gasteiger partial charge is 0.176 e. The van der Waals surface area contributed by atoms with E-state index in [1.807, 2.05) is 30.1 Å². The Hall–Kier alpha value is -2.30. The Morgan fingerprint density at radius 1 is 1.24 bits per heavy atom. The fourth-order valence-electron chi connectivity index (χ4n) is 1.94. The number of rotatable bonds is 1. The molecule has 1 aromatic heterocycles. The number of benzene rings is 1. The van der Waals surface area contributed by atoms with Crippen LogP contribution >= 0.6 is 0 Å². The highest BCUT2D eigenvalue weighted by Gasteiger charge is 2.21. The van der Waals surface area contributed by atoms with E-state index in [9.17, 15) is 0 Å². The first-order valence-electron chi connectivity index (χ1n) is 5.29. The van der Waals surface area contributed by atoms with E-state index in [1.165, 1.54) is 0 Å². The number of fused-ring (bicyclic) bond motifs is 2. The fourth-order valence-corrected chi connectivity index (χ4v) is 1.94. The first kappa shape index (κ1) is 9.89. The second kappa shape index (κ2) is 3.62. The lowest BCUT2D eigenvalue weighted by molar-refractivity contribution is 0.415. The van der Waals surface area contributed by atoms with Crippen LogP contribution in [0.5, 0.6) is 5.75 Å². The van der Waals surface area contributed by atoms with Crippen LogP contribution in [0, 0.1) is 0 Å². The van der Waals surface area contributed by atoms with Gasteiger partial charge in [0.15, 0.2) is 11.6 Å². The van der Waals surface area contributed by atoms with E-state index < -0.39 is 0 Å². The maximum Gasteiger partial charge on any atom is 0.176 e. The standard InChI is InChI=1S/C12H12N4O/c1-16-10-4-3-8(17-2)7-9(10)15-11-12(16)14-6-5-13-11/h3-7H,1-2H3,(H,13,15). The summed E-state index contributed by atoms with van der Waals surface area (Å²) >= 11 is 0. The Labute approximate surface area is 99.1 Å². The van der Waals surface area contributed by atoms with Gasteiger partial charge in [0.2, 0.25) is 0 Å². The monoisotopic (exact) mass is 228 g/mol. The lowest BCUT2D eigenvalue weighted by atomic mass is 10.2. The van der Waals surface area contributed by atoms with Crippen LogP contribution in [0.3, 0.4) is 0 Å². The molecule has 0 bridgehead atoms. The Bertz CT molecular complexity index is 570. The minimum Gasteiger partial charge on any atom is -0.497 e. The van der Waals surface area contributed by atoms with Gasteiger partial charge < -0.3 is 15.0 Å². The molecule has 1 aliphatic rings. The summed E-state index contributed by atoms with van der Waals surface area (Å²) in [6.45, 7) is 0. The summed E-state index contributed by atoms with van der Waals surface area (Å²) in [5.41, 5.74) is 2.03. The van der Waals surface area contributed by atoms with Gasteiger partial charge in [-0.3, -0.25) is 0 Å². The molecule has 0 unspecified atom stereocenters. The van der Waals surface area contributed by atoms with E-state index in [2.05, 4.69) is 15.3 Å². The van der Waals surface area contributed by atoms with Gasteiger partial charge >= 0.3 is 0 Å². The zero-order valence-corrected chi connectivity index (χ0v) is 9.64. The van der Waals surface area contributed by atoms with Crippen LogP contribution in [0.2, 0.25) is 0 Å².